The van der Waals surface area contributed by atoms with Crippen LogP contribution in [0.25, 0.3) is 10.9 Å². The number of nitrogens with zero attached hydrogens (tertiary/aromatic N) is 2. The van der Waals surface area contributed by atoms with Crippen molar-refractivity contribution in [2.75, 3.05) is 13.6 Å². The normalized spacial score (nSPS) is 11.1. The third kappa shape index (κ3) is 5.32. The molecule has 0 spiro atoms. The van der Waals surface area contributed by atoms with Crippen LogP contribution < -0.4 is 10.6 Å². The van der Waals surface area contributed by atoms with Crippen molar-refractivity contribution in [3.8, 4) is 0 Å². The van der Waals surface area contributed by atoms with Crippen LogP contribution in [0.3, 0.4) is 0 Å². The minimum atomic E-state index is 0. The molecule has 4 nitrogen and oxygen atoms in total. The molecule has 0 bridgehead atoms. The van der Waals surface area contributed by atoms with Gasteiger partial charge in [-0.25, -0.2) is 0 Å². The summed E-state index contributed by atoms with van der Waals surface area (Å²) in [6.07, 6.45) is 2.71. The van der Waals surface area contributed by atoms with Crippen LogP contribution in [0.4, 0.5) is 0 Å². The first-order valence-electron chi connectivity index (χ1n) is 8.28. The smallest absolute Gasteiger partial charge is 0.191 e. The Labute approximate surface area is 176 Å². The molecule has 3 aromatic rings. The zero-order chi connectivity index (χ0) is 17.5. The molecule has 2 N–H and O–H groups in total. The van der Waals surface area contributed by atoms with Crippen LogP contribution in [0.1, 0.15) is 11.1 Å². The Balaban J connectivity index is 0.00000243. The number of fused-ring (bicyclic) bond motifs is 1. The highest BCUT2D eigenvalue weighted by molar-refractivity contribution is 14.0. The highest BCUT2D eigenvalue weighted by Gasteiger charge is 2.04. The lowest BCUT2D eigenvalue weighted by Crippen LogP contribution is -2.37. The molecule has 0 aliphatic heterocycles. The summed E-state index contributed by atoms with van der Waals surface area (Å²) in [4.78, 5) is 8.76. The van der Waals surface area contributed by atoms with Crippen molar-refractivity contribution < 1.29 is 0 Å². The van der Waals surface area contributed by atoms with Crippen molar-refractivity contribution in [1.82, 2.24) is 15.6 Å². The van der Waals surface area contributed by atoms with Gasteiger partial charge in [0.1, 0.15) is 0 Å². The van der Waals surface area contributed by atoms with E-state index in [1.165, 1.54) is 10.9 Å². The predicted molar refractivity (Wildman–Crippen MR) is 121 cm³/mol. The molecule has 26 heavy (non-hydrogen) atoms. The number of aliphatic imine (C=N–C) groups is 1. The maximum atomic E-state index is 6.18. The number of halogens is 2. The molecule has 6 heteroatoms. The van der Waals surface area contributed by atoms with Crippen molar-refractivity contribution in [3.63, 3.8) is 0 Å². The Kier molecular flexibility index (Phi) is 8.12. The van der Waals surface area contributed by atoms with Gasteiger partial charge in [-0.05, 0) is 29.7 Å². The summed E-state index contributed by atoms with van der Waals surface area (Å²) in [7, 11) is 1.77. The number of aromatic nitrogens is 1. The Morgan fingerprint density at radius 3 is 2.58 bits per heavy atom. The molecule has 0 unspecified atom stereocenters. The van der Waals surface area contributed by atoms with E-state index in [0.717, 1.165) is 35.0 Å². The van der Waals surface area contributed by atoms with E-state index >= 15 is 0 Å². The van der Waals surface area contributed by atoms with Crippen LogP contribution in [0.15, 0.2) is 65.8 Å². The van der Waals surface area contributed by atoms with Crippen LogP contribution in [-0.4, -0.2) is 24.5 Å². The lowest BCUT2D eigenvalue weighted by atomic mass is 10.1. The molecule has 0 radical (unpaired) electrons. The Bertz CT molecular complexity index is 877. The Morgan fingerprint density at radius 1 is 1.00 bits per heavy atom. The Hall–Kier alpha value is -1.86. The molecule has 0 atom stereocenters. The van der Waals surface area contributed by atoms with Gasteiger partial charge in [-0.2, -0.15) is 0 Å². The zero-order valence-corrected chi connectivity index (χ0v) is 17.7. The number of benzene rings is 2. The SMILES string of the molecule is CN=C(NCCc1cccc2cccnc12)NCc1ccccc1Cl.I. The number of pyridine rings is 1. The maximum Gasteiger partial charge on any atom is 0.191 e. The molecule has 2 aromatic carbocycles. The van der Waals surface area contributed by atoms with E-state index in [2.05, 4.69) is 44.9 Å². The summed E-state index contributed by atoms with van der Waals surface area (Å²) >= 11 is 6.18. The fourth-order valence-corrected chi connectivity index (χ4v) is 2.93. The number of hydrogen-bond acceptors (Lipinski definition) is 2. The third-order valence-electron chi connectivity index (χ3n) is 4.03. The van der Waals surface area contributed by atoms with Gasteiger partial charge in [-0.15, -0.1) is 24.0 Å². The number of nitrogens with one attached hydrogen (secondary N) is 2. The molecule has 1 heterocycles. The van der Waals surface area contributed by atoms with Gasteiger partial charge in [-0.1, -0.05) is 54.1 Å². The molecule has 0 aliphatic carbocycles. The highest BCUT2D eigenvalue weighted by Crippen LogP contribution is 2.16. The predicted octanol–water partition coefficient (Wildman–Crippen LogP) is 4.41. The fraction of sp³-hybridized carbons (Fsp3) is 0.200. The lowest BCUT2D eigenvalue weighted by molar-refractivity contribution is 0.796. The topological polar surface area (TPSA) is 49.3 Å². The van der Waals surface area contributed by atoms with E-state index in [-0.39, 0.29) is 24.0 Å². The molecule has 3 rings (SSSR count). The standard InChI is InChI=1S/C20H21ClN4.HI/c1-22-20(25-14-17-6-2-3-10-18(17)21)24-13-11-16-8-4-7-15-9-5-12-23-19(15)16;/h2-10,12H,11,13-14H2,1H3,(H2,22,24,25);1H. The summed E-state index contributed by atoms with van der Waals surface area (Å²) in [6, 6.07) is 18.1. The lowest BCUT2D eigenvalue weighted by Gasteiger charge is -2.13. The molecular formula is C20H22ClIN4. The molecule has 0 saturated heterocycles. The molecular weight excluding hydrogens is 459 g/mol. The molecule has 0 fully saturated rings. The van der Waals surface area contributed by atoms with Crippen LogP contribution in [0.2, 0.25) is 5.02 Å². The van der Waals surface area contributed by atoms with Crippen LogP contribution in [0, 0.1) is 0 Å². The molecule has 1 aromatic heterocycles. The summed E-state index contributed by atoms with van der Waals surface area (Å²) in [6.45, 7) is 1.41. The third-order valence-corrected chi connectivity index (χ3v) is 4.40. The minimum Gasteiger partial charge on any atom is -0.356 e. The van der Waals surface area contributed by atoms with Gasteiger partial charge in [0.15, 0.2) is 5.96 Å². The number of rotatable bonds is 5. The Morgan fingerprint density at radius 2 is 1.77 bits per heavy atom. The second-order valence-corrected chi connectivity index (χ2v) is 6.09. The van der Waals surface area contributed by atoms with Crippen molar-refractivity contribution in [3.05, 3.63) is 76.9 Å². The second-order valence-electron chi connectivity index (χ2n) is 5.69. The first-order chi connectivity index (χ1) is 12.3. The quantitative estimate of drug-likeness (QED) is 0.323. The minimum absolute atomic E-state index is 0. The number of para-hydroxylation sites is 1. The number of guanidine groups is 1. The van der Waals surface area contributed by atoms with Gasteiger partial charge in [-0.3, -0.25) is 9.98 Å². The zero-order valence-electron chi connectivity index (χ0n) is 14.6. The van der Waals surface area contributed by atoms with Crippen molar-refractivity contribution >= 4 is 52.4 Å². The average molecular weight is 481 g/mol. The van der Waals surface area contributed by atoms with E-state index < -0.39 is 0 Å². The summed E-state index contributed by atoms with van der Waals surface area (Å²) in [5, 5.41) is 8.55. The van der Waals surface area contributed by atoms with Crippen molar-refractivity contribution in [1.29, 1.82) is 0 Å². The van der Waals surface area contributed by atoms with Gasteiger partial charge < -0.3 is 10.6 Å². The van der Waals surface area contributed by atoms with Gasteiger partial charge >= 0.3 is 0 Å². The van der Waals surface area contributed by atoms with E-state index in [1.54, 1.807) is 7.05 Å². The van der Waals surface area contributed by atoms with Crippen molar-refractivity contribution in [2.45, 2.75) is 13.0 Å². The van der Waals surface area contributed by atoms with Crippen molar-refractivity contribution in [2.24, 2.45) is 4.99 Å². The summed E-state index contributed by atoms with van der Waals surface area (Å²) in [5.74, 6) is 0.758. The van der Waals surface area contributed by atoms with Crippen LogP contribution >= 0.6 is 35.6 Å². The van der Waals surface area contributed by atoms with Gasteiger partial charge in [0, 0.05) is 36.7 Å². The van der Waals surface area contributed by atoms with Crippen LogP contribution in [-0.2, 0) is 13.0 Å². The average Bonchev–Trinajstić information content (AvgIpc) is 2.66. The highest BCUT2D eigenvalue weighted by atomic mass is 127. The molecule has 0 aliphatic rings. The largest absolute Gasteiger partial charge is 0.356 e. The van der Waals surface area contributed by atoms with Gasteiger partial charge in [0.25, 0.3) is 0 Å². The fourth-order valence-electron chi connectivity index (χ4n) is 2.73. The molecule has 0 amide bonds. The van der Waals surface area contributed by atoms with Gasteiger partial charge in [0.05, 0.1) is 5.52 Å². The van der Waals surface area contributed by atoms with Gasteiger partial charge in [0.2, 0.25) is 0 Å². The first-order valence-corrected chi connectivity index (χ1v) is 8.66. The van der Waals surface area contributed by atoms with E-state index in [1.807, 2.05) is 36.5 Å². The first kappa shape index (κ1) is 20.5. The summed E-state index contributed by atoms with van der Waals surface area (Å²) in [5.41, 5.74) is 3.34. The van der Waals surface area contributed by atoms with E-state index in [0.29, 0.717) is 6.54 Å². The monoisotopic (exact) mass is 480 g/mol. The summed E-state index contributed by atoms with van der Waals surface area (Å²) < 4.78 is 0. The molecule has 0 saturated carbocycles. The van der Waals surface area contributed by atoms with Crippen LogP contribution in [0.5, 0.6) is 0 Å². The van der Waals surface area contributed by atoms with E-state index in [9.17, 15) is 0 Å². The number of hydrogen-bond donors (Lipinski definition) is 2. The maximum absolute atomic E-state index is 6.18. The molecule has 136 valence electrons. The second kappa shape index (κ2) is 10.3. The van der Waals surface area contributed by atoms with E-state index in [4.69, 9.17) is 11.6 Å².